The molecule has 20 heavy (non-hydrogen) atoms. The average Bonchev–Trinajstić information content (AvgIpc) is 3.14. The first-order valence-corrected chi connectivity index (χ1v) is 7.66. The maximum Gasteiger partial charge on any atom is 0.231 e. The number of nitrogens with zero attached hydrogens (tertiary/aromatic N) is 4. The minimum atomic E-state index is 0.649. The van der Waals surface area contributed by atoms with Crippen LogP contribution < -0.4 is 15.5 Å². The summed E-state index contributed by atoms with van der Waals surface area (Å²) in [6.07, 6.45) is 1.31. The zero-order valence-corrected chi connectivity index (χ0v) is 13.0. The second-order valence-electron chi connectivity index (χ2n) is 5.34. The molecule has 2 atom stereocenters. The standard InChI is InChI=1S/C14H26N6/c1-5-15-12-17-13(16-9-11-8-10(11)4)19-14(18-12)20(6-2)7-3/h10-11H,5-9H2,1-4H3,(H2,15,16,17,18,19). The highest BCUT2D eigenvalue weighted by atomic mass is 15.3. The lowest BCUT2D eigenvalue weighted by molar-refractivity contribution is 0.773. The second-order valence-corrected chi connectivity index (χ2v) is 5.34. The highest BCUT2D eigenvalue weighted by Gasteiger charge is 2.32. The average molecular weight is 278 g/mol. The molecule has 6 heteroatoms. The first-order valence-electron chi connectivity index (χ1n) is 7.66. The van der Waals surface area contributed by atoms with E-state index in [0.29, 0.717) is 11.9 Å². The summed E-state index contributed by atoms with van der Waals surface area (Å²) in [5, 5.41) is 6.52. The summed E-state index contributed by atoms with van der Waals surface area (Å²) in [6.45, 7) is 12.1. The van der Waals surface area contributed by atoms with Crippen LogP contribution in [0.2, 0.25) is 0 Å². The summed E-state index contributed by atoms with van der Waals surface area (Å²) in [5.41, 5.74) is 0. The number of hydrogen-bond acceptors (Lipinski definition) is 6. The van der Waals surface area contributed by atoms with Crippen LogP contribution >= 0.6 is 0 Å². The summed E-state index contributed by atoms with van der Waals surface area (Å²) < 4.78 is 0. The van der Waals surface area contributed by atoms with Gasteiger partial charge in [-0.3, -0.25) is 0 Å². The molecule has 112 valence electrons. The SMILES string of the molecule is CCNc1nc(NCC2CC2C)nc(N(CC)CC)n1. The molecule has 1 aromatic rings. The number of hydrogen-bond donors (Lipinski definition) is 2. The van der Waals surface area contributed by atoms with E-state index in [1.165, 1.54) is 6.42 Å². The van der Waals surface area contributed by atoms with Gasteiger partial charge in [0.2, 0.25) is 17.8 Å². The van der Waals surface area contributed by atoms with Crippen molar-refractivity contribution in [2.75, 3.05) is 41.7 Å². The summed E-state index contributed by atoms with van der Waals surface area (Å²) in [6, 6.07) is 0. The van der Waals surface area contributed by atoms with Crippen molar-refractivity contribution >= 4 is 17.8 Å². The lowest BCUT2D eigenvalue weighted by Crippen LogP contribution is -2.25. The van der Waals surface area contributed by atoms with Gasteiger partial charge in [0.05, 0.1) is 0 Å². The first kappa shape index (κ1) is 14.8. The summed E-state index contributed by atoms with van der Waals surface area (Å²) in [7, 11) is 0. The van der Waals surface area contributed by atoms with Gasteiger partial charge in [0.25, 0.3) is 0 Å². The van der Waals surface area contributed by atoms with Crippen molar-refractivity contribution in [2.24, 2.45) is 11.8 Å². The number of aromatic nitrogens is 3. The fraction of sp³-hybridized carbons (Fsp3) is 0.786. The van der Waals surface area contributed by atoms with E-state index in [-0.39, 0.29) is 0 Å². The molecule has 0 saturated heterocycles. The van der Waals surface area contributed by atoms with E-state index in [4.69, 9.17) is 0 Å². The van der Waals surface area contributed by atoms with Crippen LogP contribution in [0, 0.1) is 11.8 Å². The topological polar surface area (TPSA) is 66.0 Å². The van der Waals surface area contributed by atoms with Crippen LogP contribution in [0.5, 0.6) is 0 Å². The molecule has 6 nitrogen and oxygen atoms in total. The molecular formula is C14H26N6. The van der Waals surface area contributed by atoms with E-state index >= 15 is 0 Å². The first-order chi connectivity index (χ1) is 9.67. The molecule has 1 aliphatic carbocycles. The molecule has 0 spiro atoms. The Morgan fingerprint density at radius 1 is 1.05 bits per heavy atom. The Bertz CT molecular complexity index is 432. The Morgan fingerprint density at radius 3 is 2.15 bits per heavy atom. The minimum Gasteiger partial charge on any atom is -0.354 e. The number of anilines is 3. The van der Waals surface area contributed by atoms with Crippen molar-refractivity contribution in [1.29, 1.82) is 0 Å². The largest absolute Gasteiger partial charge is 0.354 e. The van der Waals surface area contributed by atoms with Gasteiger partial charge in [-0.1, -0.05) is 6.92 Å². The quantitative estimate of drug-likeness (QED) is 0.760. The fourth-order valence-electron chi connectivity index (χ4n) is 2.23. The zero-order chi connectivity index (χ0) is 14.5. The molecule has 0 aliphatic heterocycles. The third-order valence-electron chi connectivity index (χ3n) is 3.80. The number of nitrogens with one attached hydrogen (secondary N) is 2. The molecule has 2 unspecified atom stereocenters. The van der Waals surface area contributed by atoms with Gasteiger partial charge in [0.1, 0.15) is 0 Å². The molecule has 2 rings (SSSR count). The van der Waals surface area contributed by atoms with Crippen molar-refractivity contribution in [3.8, 4) is 0 Å². The van der Waals surface area contributed by atoms with Gasteiger partial charge in [-0.05, 0) is 39.0 Å². The zero-order valence-electron chi connectivity index (χ0n) is 13.0. The van der Waals surface area contributed by atoms with E-state index in [9.17, 15) is 0 Å². The van der Waals surface area contributed by atoms with Crippen molar-refractivity contribution in [3.05, 3.63) is 0 Å². The van der Waals surface area contributed by atoms with Gasteiger partial charge < -0.3 is 15.5 Å². The van der Waals surface area contributed by atoms with Gasteiger partial charge in [0.15, 0.2) is 0 Å². The highest BCUT2D eigenvalue weighted by Crippen LogP contribution is 2.37. The van der Waals surface area contributed by atoms with E-state index < -0.39 is 0 Å². The molecule has 0 amide bonds. The highest BCUT2D eigenvalue weighted by molar-refractivity contribution is 5.43. The predicted octanol–water partition coefficient (Wildman–Crippen LogP) is 2.22. The van der Waals surface area contributed by atoms with Gasteiger partial charge in [-0.25, -0.2) is 0 Å². The molecule has 1 aliphatic rings. The maximum atomic E-state index is 4.54. The molecule has 0 radical (unpaired) electrons. The third kappa shape index (κ3) is 3.71. The Kier molecular flexibility index (Phi) is 4.98. The van der Waals surface area contributed by atoms with Crippen LogP contribution in [0.25, 0.3) is 0 Å². The van der Waals surface area contributed by atoms with Gasteiger partial charge >= 0.3 is 0 Å². The van der Waals surface area contributed by atoms with Crippen molar-refractivity contribution < 1.29 is 0 Å². The second kappa shape index (κ2) is 6.72. The maximum absolute atomic E-state index is 4.54. The van der Waals surface area contributed by atoms with Crippen LogP contribution in [0.3, 0.4) is 0 Å². The van der Waals surface area contributed by atoms with E-state index in [1.807, 2.05) is 6.92 Å². The normalized spacial score (nSPS) is 20.6. The summed E-state index contributed by atoms with van der Waals surface area (Å²) in [4.78, 5) is 15.6. The molecular weight excluding hydrogens is 252 g/mol. The molecule has 1 fully saturated rings. The van der Waals surface area contributed by atoms with E-state index in [0.717, 1.165) is 44.0 Å². The molecule has 0 bridgehead atoms. The van der Waals surface area contributed by atoms with Crippen molar-refractivity contribution in [1.82, 2.24) is 15.0 Å². The molecule has 1 heterocycles. The van der Waals surface area contributed by atoms with E-state index in [1.54, 1.807) is 0 Å². The van der Waals surface area contributed by atoms with Crippen LogP contribution in [-0.4, -0.2) is 41.1 Å². The van der Waals surface area contributed by atoms with Crippen LogP contribution in [0.15, 0.2) is 0 Å². The number of rotatable bonds is 8. The Hall–Kier alpha value is -1.59. The van der Waals surface area contributed by atoms with E-state index in [2.05, 4.69) is 51.3 Å². The Morgan fingerprint density at radius 2 is 1.65 bits per heavy atom. The summed E-state index contributed by atoms with van der Waals surface area (Å²) in [5.74, 6) is 3.67. The lowest BCUT2D eigenvalue weighted by Gasteiger charge is -2.19. The Labute approximate surface area is 121 Å². The minimum absolute atomic E-state index is 0.649. The third-order valence-corrected chi connectivity index (χ3v) is 3.80. The molecule has 2 N–H and O–H groups in total. The molecule has 1 aromatic heterocycles. The van der Waals surface area contributed by atoms with Gasteiger partial charge in [-0.15, -0.1) is 0 Å². The monoisotopic (exact) mass is 278 g/mol. The van der Waals surface area contributed by atoms with Crippen LogP contribution in [-0.2, 0) is 0 Å². The fourth-order valence-corrected chi connectivity index (χ4v) is 2.23. The van der Waals surface area contributed by atoms with Crippen molar-refractivity contribution in [3.63, 3.8) is 0 Å². The van der Waals surface area contributed by atoms with Gasteiger partial charge in [-0.2, -0.15) is 15.0 Å². The predicted molar refractivity (Wildman–Crippen MR) is 83.3 cm³/mol. The van der Waals surface area contributed by atoms with Crippen molar-refractivity contribution in [2.45, 2.75) is 34.1 Å². The Balaban J connectivity index is 2.11. The lowest BCUT2D eigenvalue weighted by atomic mass is 10.3. The smallest absolute Gasteiger partial charge is 0.231 e. The summed E-state index contributed by atoms with van der Waals surface area (Å²) >= 11 is 0. The van der Waals surface area contributed by atoms with Crippen LogP contribution in [0.1, 0.15) is 34.1 Å². The molecule has 1 saturated carbocycles. The van der Waals surface area contributed by atoms with Gasteiger partial charge in [0, 0.05) is 26.2 Å². The molecule has 0 aromatic carbocycles. The van der Waals surface area contributed by atoms with Crippen LogP contribution in [0.4, 0.5) is 17.8 Å².